The molecule has 1 N–H and O–H groups in total. The molecule has 6 heteroatoms. The van der Waals surface area contributed by atoms with Gasteiger partial charge in [-0.1, -0.05) is 146 Å². The number of nitrogens with zero attached hydrogens (tertiary/aromatic N) is 2. The molecule has 0 bridgehead atoms. The van der Waals surface area contributed by atoms with Gasteiger partial charge < -0.3 is 23.6 Å². The molecular weight excluding hydrogens is 890 g/mol. The van der Waals surface area contributed by atoms with Crippen LogP contribution in [0.2, 0.25) is 0 Å². The zero-order valence-electron chi connectivity index (χ0n) is 42.6. The minimum absolute atomic E-state index is 0.0356. The fourth-order valence-corrected chi connectivity index (χ4v) is 12.0. The molecule has 1 aliphatic heterocycles. The lowest BCUT2D eigenvalue weighted by atomic mass is 9.62. The number of para-hydroxylation sites is 3. The van der Waals surface area contributed by atoms with Gasteiger partial charge in [0.2, 0.25) is 7.28 Å². The van der Waals surface area contributed by atoms with E-state index in [1.807, 2.05) is 6.07 Å². The molecule has 14 rings (SSSR count). The zero-order valence-corrected chi connectivity index (χ0v) is 42.6. The molecule has 12 aromatic rings. The van der Waals surface area contributed by atoms with E-state index in [4.69, 9.17) is 8.83 Å². The molecule has 2 aliphatic rings. The SMILES string of the molecule is CC(C)(C)c1ccc(Nc2cc3c(cc2-c2ccc4c5cc6c(cc5n5c4c2[B]c2oc4ccc(C(C)(C)C)cc4c2-5)oc2ccccc26)C(C)(C)c2cc(N(c4ccccc4)c4ccccc4)ccc2-3)cc1. The van der Waals surface area contributed by atoms with E-state index < -0.39 is 0 Å². The summed E-state index contributed by atoms with van der Waals surface area (Å²) in [6.45, 7) is 18.4. The van der Waals surface area contributed by atoms with Gasteiger partial charge in [-0.2, -0.15) is 0 Å². The molecule has 0 saturated carbocycles. The molecular formula is C67H55BN3O2. The molecule has 0 atom stereocenters. The third-order valence-electron chi connectivity index (χ3n) is 15.9. The van der Waals surface area contributed by atoms with Gasteiger partial charge in [0, 0.05) is 77.9 Å². The van der Waals surface area contributed by atoms with Crippen molar-refractivity contribution in [3.63, 3.8) is 0 Å². The molecule has 0 fully saturated rings. The quantitative estimate of drug-likeness (QED) is 0.169. The Morgan fingerprint density at radius 1 is 0.479 bits per heavy atom. The summed E-state index contributed by atoms with van der Waals surface area (Å²) in [5, 5.41) is 9.72. The summed E-state index contributed by atoms with van der Waals surface area (Å²) >= 11 is 0. The van der Waals surface area contributed by atoms with Crippen LogP contribution in [0.3, 0.4) is 0 Å². The highest BCUT2D eigenvalue weighted by molar-refractivity contribution is 6.73. The van der Waals surface area contributed by atoms with Crippen molar-refractivity contribution in [1.29, 1.82) is 0 Å². The number of anilines is 5. The number of hydrogen-bond donors (Lipinski definition) is 1. The lowest BCUT2D eigenvalue weighted by Crippen LogP contribution is -2.36. The van der Waals surface area contributed by atoms with E-state index in [9.17, 15) is 0 Å². The third kappa shape index (κ3) is 6.62. The standard InChI is InChI=1S/C67H55BN3O2/c1-65(2,3)39-23-26-41(27-24-39)69-56-37-49-45-29-28-44(70(42-17-11-9-12-18-42)43-19-13-10-14-20-43)34-54(45)67(7,8)55(49)36-50(56)47-30-31-48-51-35-52-46-21-15-16-22-58(46)72-60(52)38-57(51)71-62(48)61(47)68-64-63(71)53-33-40(66(4,5)6)25-32-59(53)73-64/h9-38,69H,1-8H3. The predicted octanol–water partition coefficient (Wildman–Crippen LogP) is 17.2. The predicted molar refractivity (Wildman–Crippen MR) is 308 cm³/mol. The number of furan rings is 2. The van der Waals surface area contributed by atoms with Gasteiger partial charge in [0.05, 0.1) is 16.9 Å². The number of aromatic nitrogens is 1. The second kappa shape index (κ2) is 15.4. The molecule has 1 aliphatic carbocycles. The van der Waals surface area contributed by atoms with Crippen molar-refractivity contribution in [3.8, 4) is 27.9 Å². The molecule has 0 amide bonds. The van der Waals surface area contributed by atoms with Gasteiger partial charge in [-0.05, 0) is 140 Å². The molecule has 9 aromatic carbocycles. The second-order valence-corrected chi connectivity index (χ2v) is 22.9. The van der Waals surface area contributed by atoms with E-state index in [2.05, 4.69) is 253 Å². The van der Waals surface area contributed by atoms with Crippen molar-refractivity contribution in [2.24, 2.45) is 0 Å². The van der Waals surface area contributed by atoms with E-state index in [1.54, 1.807) is 0 Å². The van der Waals surface area contributed by atoms with Gasteiger partial charge in [-0.25, -0.2) is 0 Å². The summed E-state index contributed by atoms with van der Waals surface area (Å²) < 4.78 is 16.1. The summed E-state index contributed by atoms with van der Waals surface area (Å²) in [5.74, 6) is 0. The minimum Gasteiger partial charge on any atom is -0.469 e. The largest absolute Gasteiger partial charge is 0.469 e. The van der Waals surface area contributed by atoms with Crippen molar-refractivity contribution in [2.45, 2.75) is 71.6 Å². The summed E-state index contributed by atoms with van der Waals surface area (Å²) in [6.07, 6.45) is 0. The number of hydrogen-bond acceptors (Lipinski definition) is 4. The number of benzene rings is 9. The molecule has 3 aromatic heterocycles. The summed E-state index contributed by atoms with van der Waals surface area (Å²) in [5.41, 5.74) is 23.0. The van der Waals surface area contributed by atoms with Crippen LogP contribution in [-0.4, -0.2) is 11.8 Å². The van der Waals surface area contributed by atoms with Gasteiger partial charge >= 0.3 is 0 Å². The molecule has 0 unspecified atom stereocenters. The highest BCUT2D eigenvalue weighted by atomic mass is 16.3. The Balaban J connectivity index is 1.01. The maximum Gasteiger partial charge on any atom is 0.247 e. The average molecular weight is 945 g/mol. The van der Waals surface area contributed by atoms with Crippen molar-refractivity contribution in [3.05, 3.63) is 204 Å². The number of fused-ring (bicyclic) bond motifs is 13. The Hall–Kier alpha value is -8.22. The van der Waals surface area contributed by atoms with Crippen molar-refractivity contribution >= 4 is 102 Å². The highest BCUT2D eigenvalue weighted by Crippen LogP contribution is 2.54. The van der Waals surface area contributed by atoms with Gasteiger partial charge in [0.25, 0.3) is 0 Å². The Labute approximate surface area is 426 Å². The van der Waals surface area contributed by atoms with Crippen LogP contribution < -0.4 is 21.3 Å². The van der Waals surface area contributed by atoms with Crippen LogP contribution in [0.15, 0.2) is 191 Å². The fraction of sp³-hybridized carbons (Fsp3) is 0.164. The number of rotatable bonds is 6. The van der Waals surface area contributed by atoms with Crippen LogP contribution >= 0.6 is 0 Å². The summed E-state index contributed by atoms with van der Waals surface area (Å²) in [6, 6.07) is 66.7. The van der Waals surface area contributed by atoms with Crippen LogP contribution in [0.5, 0.6) is 0 Å². The molecule has 4 heterocycles. The van der Waals surface area contributed by atoms with Crippen LogP contribution in [0, 0.1) is 0 Å². The van der Waals surface area contributed by atoms with Crippen LogP contribution in [0.25, 0.3) is 82.7 Å². The van der Waals surface area contributed by atoms with E-state index in [-0.39, 0.29) is 16.2 Å². The van der Waals surface area contributed by atoms with Crippen LogP contribution in [0.1, 0.15) is 77.6 Å². The van der Waals surface area contributed by atoms with Crippen molar-refractivity contribution < 1.29 is 8.83 Å². The normalized spacial score (nSPS) is 13.7. The lowest BCUT2D eigenvalue weighted by Gasteiger charge is -2.28. The topological polar surface area (TPSA) is 46.5 Å². The molecule has 353 valence electrons. The monoisotopic (exact) mass is 944 g/mol. The van der Waals surface area contributed by atoms with E-state index in [1.165, 1.54) is 44.2 Å². The Morgan fingerprint density at radius 2 is 1.14 bits per heavy atom. The third-order valence-corrected chi connectivity index (χ3v) is 15.9. The summed E-state index contributed by atoms with van der Waals surface area (Å²) in [7, 11) is 2.31. The fourth-order valence-electron chi connectivity index (χ4n) is 12.0. The first kappa shape index (κ1) is 43.6. The highest BCUT2D eigenvalue weighted by Gasteiger charge is 2.39. The molecule has 5 nitrogen and oxygen atoms in total. The van der Waals surface area contributed by atoms with Gasteiger partial charge in [-0.3, -0.25) is 0 Å². The van der Waals surface area contributed by atoms with Gasteiger partial charge in [0.15, 0.2) is 0 Å². The van der Waals surface area contributed by atoms with Gasteiger partial charge in [0.1, 0.15) is 16.7 Å². The Morgan fingerprint density at radius 3 is 1.86 bits per heavy atom. The molecule has 1 radical (unpaired) electrons. The van der Waals surface area contributed by atoms with Crippen molar-refractivity contribution in [1.82, 2.24) is 4.57 Å². The first-order valence-electron chi connectivity index (χ1n) is 25.7. The molecule has 0 saturated heterocycles. The van der Waals surface area contributed by atoms with E-state index in [0.29, 0.717) is 0 Å². The molecule has 0 spiro atoms. The molecule has 73 heavy (non-hydrogen) atoms. The van der Waals surface area contributed by atoms with Crippen molar-refractivity contribution in [2.75, 3.05) is 10.2 Å². The smallest absolute Gasteiger partial charge is 0.247 e. The van der Waals surface area contributed by atoms with Crippen LogP contribution in [0.4, 0.5) is 28.4 Å². The Kier molecular flexibility index (Phi) is 9.19. The first-order valence-corrected chi connectivity index (χ1v) is 25.7. The first-order chi connectivity index (χ1) is 35.2. The van der Waals surface area contributed by atoms with Crippen LogP contribution in [-0.2, 0) is 16.2 Å². The Bertz CT molecular complexity index is 4200. The average Bonchev–Trinajstić information content (AvgIpc) is 4.10. The van der Waals surface area contributed by atoms with E-state index in [0.717, 1.165) is 100 Å². The van der Waals surface area contributed by atoms with E-state index >= 15 is 0 Å². The number of nitrogens with one attached hydrogen (secondary N) is 1. The second-order valence-electron chi connectivity index (χ2n) is 22.9. The lowest BCUT2D eigenvalue weighted by molar-refractivity contribution is 0.590. The zero-order chi connectivity index (χ0) is 49.7. The maximum atomic E-state index is 6.98. The van der Waals surface area contributed by atoms with Gasteiger partial charge in [-0.15, -0.1) is 0 Å². The minimum atomic E-state index is -0.325. The summed E-state index contributed by atoms with van der Waals surface area (Å²) in [4.78, 5) is 2.36. The maximum absolute atomic E-state index is 6.98.